The highest BCUT2D eigenvalue weighted by molar-refractivity contribution is 6.02. The Bertz CT molecular complexity index is 704. The molecule has 2 aromatic rings. The fourth-order valence-corrected chi connectivity index (χ4v) is 2.28. The minimum absolute atomic E-state index is 0.264. The number of halogens is 1. The lowest BCUT2D eigenvalue weighted by molar-refractivity contribution is -0.111. The van der Waals surface area contributed by atoms with Crippen LogP contribution in [0.4, 0.5) is 10.1 Å². The van der Waals surface area contributed by atoms with Gasteiger partial charge in [0.15, 0.2) is 0 Å². The third-order valence-electron chi connectivity index (χ3n) is 3.49. The molecule has 0 aliphatic heterocycles. The molecule has 0 atom stereocenters. The second-order valence-electron chi connectivity index (χ2n) is 5.54. The van der Waals surface area contributed by atoms with E-state index in [2.05, 4.69) is 19.2 Å². The van der Waals surface area contributed by atoms with Gasteiger partial charge in [-0.1, -0.05) is 50.2 Å². The van der Waals surface area contributed by atoms with Crippen LogP contribution in [0.3, 0.4) is 0 Å². The van der Waals surface area contributed by atoms with Crippen molar-refractivity contribution in [3.63, 3.8) is 0 Å². The zero-order valence-corrected chi connectivity index (χ0v) is 13.1. The molecule has 114 valence electrons. The molecule has 1 N–H and O–H groups in total. The number of para-hydroxylation sites is 1. The van der Waals surface area contributed by atoms with Gasteiger partial charge >= 0.3 is 0 Å². The normalized spacial score (nSPS) is 11.1. The summed E-state index contributed by atoms with van der Waals surface area (Å²) in [5.41, 5.74) is 3.33. The second kappa shape index (κ2) is 7.03. The van der Waals surface area contributed by atoms with Crippen molar-refractivity contribution in [1.29, 1.82) is 0 Å². The topological polar surface area (TPSA) is 29.1 Å². The highest BCUT2D eigenvalue weighted by Crippen LogP contribution is 2.27. The van der Waals surface area contributed by atoms with Crippen LogP contribution in [0.2, 0.25) is 0 Å². The Hall–Kier alpha value is -2.42. The molecule has 0 aromatic heterocycles. The molecule has 0 radical (unpaired) electrons. The van der Waals surface area contributed by atoms with Crippen LogP contribution in [-0.2, 0) is 4.79 Å². The summed E-state index contributed by atoms with van der Waals surface area (Å²) in [5, 5.41) is 2.90. The molecule has 0 aliphatic carbocycles. The smallest absolute Gasteiger partial charge is 0.248 e. The van der Waals surface area contributed by atoms with E-state index in [1.54, 1.807) is 18.2 Å². The Morgan fingerprint density at radius 3 is 2.55 bits per heavy atom. The average molecular weight is 297 g/mol. The first-order chi connectivity index (χ1) is 10.5. The van der Waals surface area contributed by atoms with Gasteiger partial charge in [-0.3, -0.25) is 4.79 Å². The summed E-state index contributed by atoms with van der Waals surface area (Å²) >= 11 is 0. The fraction of sp³-hybridized carbons (Fsp3) is 0.211. The SMILES string of the molecule is Cc1cccc(C(C)C)c1NC(=O)/C=C/c1ccccc1F. The van der Waals surface area contributed by atoms with Crippen LogP contribution in [0, 0.1) is 12.7 Å². The highest BCUT2D eigenvalue weighted by atomic mass is 19.1. The van der Waals surface area contributed by atoms with Crippen LogP contribution in [0.15, 0.2) is 48.5 Å². The van der Waals surface area contributed by atoms with Crippen LogP contribution < -0.4 is 5.32 Å². The third-order valence-corrected chi connectivity index (χ3v) is 3.49. The van der Waals surface area contributed by atoms with E-state index in [4.69, 9.17) is 0 Å². The summed E-state index contributed by atoms with van der Waals surface area (Å²) in [7, 11) is 0. The molecule has 2 aromatic carbocycles. The van der Waals surface area contributed by atoms with Crippen molar-refractivity contribution in [2.75, 3.05) is 5.32 Å². The van der Waals surface area contributed by atoms with Crippen molar-refractivity contribution in [2.45, 2.75) is 26.7 Å². The van der Waals surface area contributed by atoms with E-state index in [1.807, 2.05) is 25.1 Å². The number of hydrogen-bond acceptors (Lipinski definition) is 1. The first-order valence-corrected chi connectivity index (χ1v) is 7.32. The van der Waals surface area contributed by atoms with E-state index in [-0.39, 0.29) is 11.7 Å². The predicted molar refractivity (Wildman–Crippen MR) is 89.3 cm³/mol. The number of carbonyl (C=O) groups is 1. The van der Waals surface area contributed by atoms with Gasteiger partial charge in [0.05, 0.1) is 0 Å². The molecule has 0 heterocycles. The molecule has 2 rings (SSSR count). The molecule has 22 heavy (non-hydrogen) atoms. The summed E-state index contributed by atoms with van der Waals surface area (Å²) in [4.78, 5) is 12.1. The predicted octanol–water partition coefficient (Wildman–Crippen LogP) is 4.91. The molecule has 2 nitrogen and oxygen atoms in total. The van der Waals surface area contributed by atoms with Gasteiger partial charge in [0.1, 0.15) is 5.82 Å². The maximum absolute atomic E-state index is 13.5. The molecule has 0 saturated heterocycles. The second-order valence-corrected chi connectivity index (χ2v) is 5.54. The largest absolute Gasteiger partial charge is 0.322 e. The summed E-state index contributed by atoms with van der Waals surface area (Å²) in [6.07, 6.45) is 2.84. The van der Waals surface area contributed by atoms with Crippen LogP contribution in [0.1, 0.15) is 36.5 Å². The molecule has 0 fully saturated rings. The van der Waals surface area contributed by atoms with Gasteiger partial charge in [-0.15, -0.1) is 0 Å². The average Bonchev–Trinajstić information content (AvgIpc) is 2.48. The number of nitrogens with one attached hydrogen (secondary N) is 1. The van der Waals surface area contributed by atoms with Gasteiger partial charge in [-0.05, 0) is 36.1 Å². The Kier molecular flexibility index (Phi) is 5.10. The van der Waals surface area contributed by atoms with Crippen LogP contribution in [-0.4, -0.2) is 5.91 Å². The number of benzene rings is 2. The van der Waals surface area contributed by atoms with E-state index in [9.17, 15) is 9.18 Å². The molecule has 3 heteroatoms. The van der Waals surface area contributed by atoms with Crippen molar-refractivity contribution < 1.29 is 9.18 Å². The van der Waals surface area contributed by atoms with Crippen LogP contribution in [0.25, 0.3) is 6.08 Å². The van der Waals surface area contributed by atoms with E-state index in [1.165, 1.54) is 18.2 Å². The number of aryl methyl sites for hydroxylation is 1. The van der Waals surface area contributed by atoms with Crippen LogP contribution >= 0.6 is 0 Å². The van der Waals surface area contributed by atoms with Gasteiger partial charge in [0.2, 0.25) is 5.91 Å². The van der Waals surface area contributed by atoms with Crippen molar-refractivity contribution in [3.05, 3.63) is 71.0 Å². The Labute approximate surface area is 130 Å². The number of hydrogen-bond donors (Lipinski definition) is 1. The van der Waals surface area contributed by atoms with E-state index >= 15 is 0 Å². The standard InChI is InChI=1S/C19H20FNO/c1-13(2)16-9-6-7-14(3)19(16)21-18(22)12-11-15-8-4-5-10-17(15)20/h4-13H,1-3H3,(H,21,22)/b12-11+. The molecule has 0 saturated carbocycles. The molecular formula is C19H20FNO. The first-order valence-electron chi connectivity index (χ1n) is 7.32. The zero-order valence-electron chi connectivity index (χ0n) is 13.1. The Morgan fingerprint density at radius 2 is 1.86 bits per heavy atom. The Morgan fingerprint density at radius 1 is 1.14 bits per heavy atom. The summed E-state index contributed by atoms with van der Waals surface area (Å²) in [6.45, 7) is 6.13. The van der Waals surface area contributed by atoms with E-state index in [0.29, 0.717) is 11.5 Å². The highest BCUT2D eigenvalue weighted by Gasteiger charge is 2.10. The maximum Gasteiger partial charge on any atom is 0.248 e. The van der Waals surface area contributed by atoms with Gasteiger partial charge in [-0.2, -0.15) is 0 Å². The lowest BCUT2D eigenvalue weighted by Crippen LogP contribution is -2.11. The van der Waals surface area contributed by atoms with Crippen molar-refractivity contribution >= 4 is 17.7 Å². The van der Waals surface area contributed by atoms with Gasteiger partial charge in [0, 0.05) is 17.3 Å². The molecule has 0 bridgehead atoms. The van der Waals surface area contributed by atoms with Crippen molar-refractivity contribution in [2.24, 2.45) is 0 Å². The summed E-state index contributed by atoms with van der Waals surface area (Å²) < 4.78 is 13.5. The number of anilines is 1. The third kappa shape index (κ3) is 3.82. The van der Waals surface area contributed by atoms with E-state index < -0.39 is 0 Å². The monoisotopic (exact) mass is 297 g/mol. The first kappa shape index (κ1) is 16.0. The zero-order chi connectivity index (χ0) is 16.1. The molecule has 1 amide bonds. The van der Waals surface area contributed by atoms with E-state index in [0.717, 1.165) is 16.8 Å². The van der Waals surface area contributed by atoms with Crippen molar-refractivity contribution in [1.82, 2.24) is 0 Å². The summed E-state index contributed by atoms with van der Waals surface area (Å²) in [5.74, 6) is -0.296. The van der Waals surface area contributed by atoms with Gasteiger partial charge < -0.3 is 5.32 Å². The summed E-state index contributed by atoms with van der Waals surface area (Å²) in [6, 6.07) is 12.3. The fourth-order valence-electron chi connectivity index (χ4n) is 2.28. The lowest BCUT2D eigenvalue weighted by atomic mass is 9.98. The minimum Gasteiger partial charge on any atom is -0.322 e. The quantitative estimate of drug-likeness (QED) is 0.798. The number of carbonyl (C=O) groups excluding carboxylic acids is 1. The number of amides is 1. The Balaban J connectivity index is 2.18. The van der Waals surface area contributed by atoms with Gasteiger partial charge in [-0.25, -0.2) is 4.39 Å². The molecule has 0 unspecified atom stereocenters. The van der Waals surface area contributed by atoms with Gasteiger partial charge in [0.25, 0.3) is 0 Å². The number of rotatable bonds is 4. The molecular weight excluding hydrogens is 277 g/mol. The molecule has 0 aliphatic rings. The van der Waals surface area contributed by atoms with Crippen LogP contribution in [0.5, 0.6) is 0 Å². The minimum atomic E-state index is -0.342. The molecule has 0 spiro atoms. The lowest BCUT2D eigenvalue weighted by Gasteiger charge is -2.15. The maximum atomic E-state index is 13.5. The van der Waals surface area contributed by atoms with Crippen molar-refractivity contribution in [3.8, 4) is 0 Å².